The number of rotatable bonds is 3. The Morgan fingerprint density at radius 1 is 1.41 bits per heavy atom. The molecular formula is C12H17N3O2. The highest BCUT2D eigenvalue weighted by Crippen LogP contribution is 2.07. The molecule has 0 aliphatic carbocycles. The van der Waals surface area contributed by atoms with E-state index in [0.717, 1.165) is 31.6 Å². The van der Waals surface area contributed by atoms with Gasteiger partial charge in [0, 0.05) is 31.7 Å². The number of carbonyl (C=O) groups is 1. The first-order valence-corrected chi connectivity index (χ1v) is 5.92. The highest BCUT2D eigenvalue weighted by Gasteiger charge is 2.16. The molecule has 0 aromatic carbocycles. The van der Waals surface area contributed by atoms with Crippen LogP contribution in [-0.4, -0.2) is 40.7 Å². The quantitative estimate of drug-likeness (QED) is 0.825. The molecule has 0 atom stereocenters. The number of nitrogens with one attached hydrogen (secondary N) is 1. The summed E-state index contributed by atoms with van der Waals surface area (Å²) in [7, 11) is 0. The Labute approximate surface area is 100 Å². The first-order chi connectivity index (χ1) is 8.25. The maximum atomic E-state index is 11.6. The molecule has 2 rings (SSSR count). The fourth-order valence-electron chi connectivity index (χ4n) is 1.89. The van der Waals surface area contributed by atoms with Crippen LogP contribution in [0.3, 0.4) is 0 Å². The molecule has 17 heavy (non-hydrogen) atoms. The van der Waals surface area contributed by atoms with E-state index in [4.69, 9.17) is 5.11 Å². The van der Waals surface area contributed by atoms with Crippen LogP contribution in [0.15, 0.2) is 18.3 Å². The van der Waals surface area contributed by atoms with Gasteiger partial charge in [0.15, 0.2) is 0 Å². The maximum Gasteiger partial charge on any atom is 0.317 e. The molecule has 5 nitrogen and oxygen atoms in total. The van der Waals surface area contributed by atoms with Crippen molar-refractivity contribution >= 4 is 6.03 Å². The van der Waals surface area contributed by atoms with Crippen molar-refractivity contribution in [1.82, 2.24) is 15.2 Å². The summed E-state index contributed by atoms with van der Waals surface area (Å²) in [5.41, 5.74) is 0.865. The standard InChI is InChI=1S/C12H17N3O2/c16-11-4-3-10(14-9-11)5-6-13-12(17)15-7-1-2-8-15/h3-4,9,16H,1-2,5-8H2,(H,13,17). The van der Waals surface area contributed by atoms with Crippen molar-refractivity contribution in [2.45, 2.75) is 19.3 Å². The average molecular weight is 235 g/mol. The Bertz CT molecular complexity index is 372. The Hall–Kier alpha value is -1.78. The summed E-state index contributed by atoms with van der Waals surface area (Å²) in [4.78, 5) is 17.5. The summed E-state index contributed by atoms with van der Waals surface area (Å²) in [5.74, 6) is 0.162. The van der Waals surface area contributed by atoms with Crippen molar-refractivity contribution in [3.63, 3.8) is 0 Å². The van der Waals surface area contributed by atoms with Gasteiger partial charge in [-0.2, -0.15) is 0 Å². The van der Waals surface area contributed by atoms with Gasteiger partial charge in [-0.1, -0.05) is 0 Å². The minimum absolute atomic E-state index is 0.0151. The molecule has 1 aliphatic heterocycles. The van der Waals surface area contributed by atoms with Crippen molar-refractivity contribution in [1.29, 1.82) is 0 Å². The van der Waals surface area contributed by atoms with Gasteiger partial charge in [-0.05, 0) is 25.0 Å². The Morgan fingerprint density at radius 2 is 2.18 bits per heavy atom. The minimum Gasteiger partial charge on any atom is -0.506 e. The number of likely N-dealkylation sites (tertiary alicyclic amines) is 1. The second-order valence-corrected chi connectivity index (χ2v) is 4.18. The van der Waals surface area contributed by atoms with Crippen LogP contribution in [0, 0.1) is 0 Å². The Kier molecular flexibility index (Phi) is 3.80. The normalized spacial score (nSPS) is 14.9. The lowest BCUT2D eigenvalue weighted by Gasteiger charge is -2.15. The van der Waals surface area contributed by atoms with E-state index in [0.29, 0.717) is 13.0 Å². The molecule has 1 saturated heterocycles. The second-order valence-electron chi connectivity index (χ2n) is 4.18. The smallest absolute Gasteiger partial charge is 0.317 e. The van der Waals surface area contributed by atoms with Crippen molar-refractivity contribution in [3.8, 4) is 5.75 Å². The summed E-state index contributed by atoms with van der Waals surface area (Å²) < 4.78 is 0. The molecule has 92 valence electrons. The van der Waals surface area contributed by atoms with E-state index in [9.17, 15) is 4.79 Å². The van der Waals surface area contributed by atoms with Crippen LogP contribution in [0.25, 0.3) is 0 Å². The fraction of sp³-hybridized carbons (Fsp3) is 0.500. The molecule has 2 N–H and O–H groups in total. The average Bonchev–Trinajstić information content (AvgIpc) is 2.85. The van der Waals surface area contributed by atoms with E-state index >= 15 is 0 Å². The molecule has 1 aliphatic rings. The van der Waals surface area contributed by atoms with Gasteiger partial charge in [0.05, 0.1) is 6.20 Å². The van der Waals surface area contributed by atoms with Gasteiger partial charge in [-0.25, -0.2) is 4.79 Å². The molecule has 0 bridgehead atoms. The van der Waals surface area contributed by atoms with E-state index in [1.54, 1.807) is 12.1 Å². The van der Waals surface area contributed by atoms with E-state index in [2.05, 4.69) is 10.3 Å². The van der Waals surface area contributed by atoms with E-state index in [1.807, 2.05) is 4.90 Å². The van der Waals surface area contributed by atoms with Crippen LogP contribution in [-0.2, 0) is 6.42 Å². The molecule has 0 saturated carbocycles. The molecule has 1 aromatic rings. The maximum absolute atomic E-state index is 11.6. The lowest BCUT2D eigenvalue weighted by Crippen LogP contribution is -2.38. The summed E-state index contributed by atoms with van der Waals surface area (Å²) >= 11 is 0. The van der Waals surface area contributed by atoms with Gasteiger partial charge in [0.1, 0.15) is 5.75 Å². The molecule has 0 radical (unpaired) electrons. The second kappa shape index (κ2) is 5.52. The number of hydrogen-bond acceptors (Lipinski definition) is 3. The third-order valence-electron chi connectivity index (χ3n) is 2.86. The van der Waals surface area contributed by atoms with Gasteiger partial charge in [0.25, 0.3) is 0 Å². The summed E-state index contributed by atoms with van der Waals surface area (Å²) in [5, 5.41) is 11.9. The first-order valence-electron chi connectivity index (χ1n) is 5.92. The predicted molar refractivity (Wildman–Crippen MR) is 63.8 cm³/mol. The van der Waals surface area contributed by atoms with E-state index < -0.39 is 0 Å². The number of hydrogen-bond donors (Lipinski definition) is 2. The Balaban J connectivity index is 1.72. The fourth-order valence-corrected chi connectivity index (χ4v) is 1.89. The van der Waals surface area contributed by atoms with Crippen LogP contribution in [0.5, 0.6) is 5.75 Å². The summed E-state index contributed by atoms with van der Waals surface area (Å²) in [6.45, 7) is 2.31. The highest BCUT2D eigenvalue weighted by atomic mass is 16.3. The van der Waals surface area contributed by atoms with Gasteiger partial charge >= 0.3 is 6.03 Å². The molecule has 0 spiro atoms. The number of carbonyl (C=O) groups excluding carboxylic acids is 1. The molecule has 2 heterocycles. The van der Waals surface area contributed by atoms with Crippen molar-refractivity contribution in [2.24, 2.45) is 0 Å². The lowest BCUT2D eigenvalue weighted by molar-refractivity contribution is 0.209. The van der Waals surface area contributed by atoms with Crippen molar-refractivity contribution in [2.75, 3.05) is 19.6 Å². The molecule has 1 aromatic heterocycles. The zero-order valence-corrected chi connectivity index (χ0v) is 9.72. The van der Waals surface area contributed by atoms with Gasteiger partial charge < -0.3 is 15.3 Å². The van der Waals surface area contributed by atoms with Crippen LogP contribution in [0.4, 0.5) is 4.79 Å². The Morgan fingerprint density at radius 3 is 2.82 bits per heavy atom. The van der Waals surface area contributed by atoms with Gasteiger partial charge in [-0.3, -0.25) is 4.98 Å². The molecule has 0 unspecified atom stereocenters. The monoisotopic (exact) mass is 235 g/mol. The first kappa shape index (κ1) is 11.7. The molecule has 2 amide bonds. The van der Waals surface area contributed by atoms with Crippen molar-refractivity contribution < 1.29 is 9.90 Å². The third kappa shape index (κ3) is 3.34. The van der Waals surface area contributed by atoms with Gasteiger partial charge in [-0.15, -0.1) is 0 Å². The summed E-state index contributed by atoms with van der Waals surface area (Å²) in [6.07, 6.45) is 4.30. The van der Waals surface area contributed by atoms with Crippen LogP contribution >= 0.6 is 0 Å². The van der Waals surface area contributed by atoms with Crippen LogP contribution < -0.4 is 5.32 Å². The zero-order valence-electron chi connectivity index (χ0n) is 9.72. The SMILES string of the molecule is O=C(NCCc1ccc(O)cn1)N1CCCC1. The molecule has 1 fully saturated rings. The number of aromatic nitrogens is 1. The van der Waals surface area contributed by atoms with Crippen molar-refractivity contribution in [3.05, 3.63) is 24.0 Å². The molecular weight excluding hydrogens is 218 g/mol. The lowest BCUT2D eigenvalue weighted by atomic mass is 10.2. The molecule has 5 heteroatoms. The number of aromatic hydroxyl groups is 1. The summed E-state index contributed by atoms with van der Waals surface area (Å²) in [6, 6.07) is 3.38. The zero-order chi connectivity index (χ0) is 12.1. The number of urea groups is 1. The number of pyridine rings is 1. The topological polar surface area (TPSA) is 65.5 Å². The number of amides is 2. The predicted octanol–water partition coefficient (Wildman–Crippen LogP) is 1.14. The number of nitrogens with zero attached hydrogens (tertiary/aromatic N) is 2. The largest absolute Gasteiger partial charge is 0.506 e. The van der Waals surface area contributed by atoms with Gasteiger partial charge in [0.2, 0.25) is 0 Å². The minimum atomic E-state index is 0.0151. The van der Waals surface area contributed by atoms with E-state index in [1.165, 1.54) is 6.20 Å². The van der Waals surface area contributed by atoms with Crippen LogP contribution in [0.1, 0.15) is 18.5 Å². The highest BCUT2D eigenvalue weighted by molar-refractivity contribution is 5.74. The van der Waals surface area contributed by atoms with E-state index in [-0.39, 0.29) is 11.8 Å². The van der Waals surface area contributed by atoms with Crippen LogP contribution in [0.2, 0.25) is 0 Å². The third-order valence-corrected chi connectivity index (χ3v) is 2.86.